The molecule has 0 aliphatic heterocycles. The first-order valence-corrected chi connectivity index (χ1v) is 6.90. The molecule has 0 bridgehead atoms. The summed E-state index contributed by atoms with van der Waals surface area (Å²) in [5.41, 5.74) is 0.995. The average Bonchev–Trinajstić information content (AvgIpc) is 2.33. The van der Waals surface area contributed by atoms with Gasteiger partial charge in [0.2, 0.25) is 0 Å². The maximum atomic E-state index is 11.9. The summed E-state index contributed by atoms with van der Waals surface area (Å²) in [6.07, 6.45) is 1.58. The number of hydrogen-bond donors (Lipinski definition) is 1. The zero-order valence-electron chi connectivity index (χ0n) is 8.95. The Kier molecular flexibility index (Phi) is 4.37. The molecule has 18 heavy (non-hydrogen) atoms. The first-order valence-electron chi connectivity index (χ1n) is 4.94. The Balaban J connectivity index is 2.18. The predicted octanol–water partition coefficient (Wildman–Crippen LogP) is 4.51. The van der Waals surface area contributed by atoms with Crippen molar-refractivity contribution in [2.24, 2.45) is 0 Å². The molecule has 0 saturated heterocycles. The molecule has 0 fully saturated rings. The second-order valence-corrected chi connectivity index (χ2v) is 5.65. The number of nitrogens with zero attached hydrogens (tertiary/aromatic N) is 1. The Bertz CT molecular complexity index is 587. The Morgan fingerprint density at radius 1 is 1.22 bits per heavy atom. The third kappa shape index (κ3) is 3.31. The van der Waals surface area contributed by atoms with Crippen molar-refractivity contribution in [3.05, 3.63) is 56.2 Å². The van der Waals surface area contributed by atoms with Crippen molar-refractivity contribution in [2.45, 2.75) is 0 Å². The molecular formula is C12H7Br2ClN2O. The van der Waals surface area contributed by atoms with Crippen LogP contribution in [-0.2, 0) is 0 Å². The van der Waals surface area contributed by atoms with Gasteiger partial charge in [0.25, 0.3) is 5.91 Å². The third-order valence-corrected chi connectivity index (χ3v) is 3.50. The van der Waals surface area contributed by atoms with Gasteiger partial charge in [-0.3, -0.25) is 4.79 Å². The van der Waals surface area contributed by atoms with Crippen molar-refractivity contribution < 1.29 is 4.79 Å². The van der Waals surface area contributed by atoms with Crippen LogP contribution in [0.5, 0.6) is 0 Å². The van der Waals surface area contributed by atoms with Crippen LogP contribution < -0.4 is 5.32 Å². The summed E-state index contributed by atoms with van der Waals surface area (Å²) in [5.74, 6) is -0.273. The van der Waals surface area contributed by atoms with Crippen LogP contribution in [0.1, 0.15) is 10.5 Å². The number of nitrogens with one attached hydrogen (secondary N) is 1. The van der Waals surface area contributed by atoms with E-state index in [1.165, 1.54) is 0 Å². The molecule has 0 radical (unpaired) electrons. The van der Waals surface area contributed by atoms with Crippen LogP contribution >= 0.6 is 43.5 Å². The summed E-state index contributed by atoms with van der Waals surface area (Å²) >= 11 is 12.4. The summed E-state index contributed by atoms with van der Waals surface area (Å²) in [6, 6.07) is 8.55. The van der Waals surface area contributed by atoms with Gasteiger partial charge >= 0.3 is 0 Å². The minimum atomic E-state index is -0.273. The molecule has 1 aromatic carbocycles. The van der Waals surface area contributed by atoms with Gasteiger partial charge in [-0.15, -0.1) is 0 Å². The number of carbonyl (C=O) groups is 1. The standard InChI is InChI=1S/C12H7Br2ClN2O/c13-7-1-3-11(16-6-7)12(18)17-10-4-2-8(15)5-9(10)14/h1-6H,(H,17,18). The maximum absolute atomic E-state index is 11.9. The van der Waals surface area contributed by atoms with Crippen molar-refractivity contribution in [2.75, 3.05) is 5.32 Å². The normalized spacial score (nSPS) is 10.2. The van der Waals surface area contributed by atoms with E-state index < -0.39 is 0 Å². The highest BCUT2D eigenvalue weighted by Gasteiger charge is 2.09. The smallest absolute Gasteiger partial charge is 0.274 e. The van der Waals surface area contributed by atoms with Gasteiger partial charge in [-0.25, -0.2) is 4.98 Å². The molecular weight excluding hydrogens is 383 g/mol. The van der Waals surface area contributed by atoms with Crippen LogP contribution in [0.3, 0.4) is 0 Å². The second kappa shape index (κ2) is 5.82. The van der Waals surface area contributed by atoms with Gasteiger partial charge in [0.1, 0.15) is 5.69 Å². The Morgan fingerprint density at radius 2 is 2.00 bits per heavy atom. The largest absolute Gasteiger partial charge is 0.320 e. The number of amides is 1. The van der Waals surface area contributed by atoms with E-state index in [4.69, 9.17) is 11.6 Å². The summed E-state index contributed by atoms with van der Waals surface area (Å²) in [7, 11) is 0. The molecule has 0 aliphatic rings. The molecule has 0 spiro atoms. The molecule has 2 rings (SSSR count). The van der Waals surface area contributed by atoms with Gasteiger partial charge in [-0.05, 0) is 62.2 Å². The minimum Gasteiger partial charge on any atom is -0.320 e. The first-order chi connectivity index (χ1) is 8.56. The third-order valence-electron chi connectivity index (χ3n) is 2.14. The van der Waals surface area contributed by atoms with Gasteiger partial charge < -0.3 is 5.32 Å². The van der Waals surface area contributed by atoms with Crippen LogP contribution in [0.15, 0.2) is 45.5 Å². The van der Waals surface area contributed by atoms with E-state index in [-0.39, 0.29) is 5.91 Å². The fraction of sp³-hybridized carbons (Fsp3) is 0. The van der Waals surface area contributed by atoms with Crippen molar-refractivity contribution >= 4 is 55.1 Å². The molecule has 6 heteroatoms. The molecule has 3 nitrogen and oxygen atoms in total. The SMILES string of the molecule is O=C(Nc1ccc(Cl)cc1Br)c1ccc(Br)cn1. The lowest BCUT2D eigenvalue weighted by Gasteiger charge is -2.07. The van der Waals surface area contributed by atoms with E-state index in [1.54, 1.807) is 36.5 Å². The summed E-state index contributed by atoms with van der Waals surface area (Å²) in [6.45, 7) is 0. The number of anilines is 1. The molecule has 92 valence electrons. The van der Waals surface area contributed by atoms with Crippen LogP contribution in [0.4, 0.5) is 5.69 Å². The summed E-state index contributed by atoms with van der Waals surface area (Å²) in [4.78, 5) is 15.9. The van der Waals surface area contributed by atoms with Crippen molar-refractivity contribution in [3.8, 4) is 0 Å². The molecule has 1 amide bonds. The highest BCUT2D eigenvalue weighted by molar-refractivity contribution is 9.10. The fourth-order valence-corrected chi connectivity index (χ4v) is 2.30. The minimum absolute atomic E-state index is 0.273. The quantitative estimate of drug-likeness (QED) is 0.820. The number of aromatic nitrogens is 1. The van der Waals surface area contributed by atoms with Gasteiger partial charge in [0.15, 0.2) is 0 Å². The van der Waals surface area contributed by atoms with Gasteiger partial charge in [-0.2, -0.15) is 0 Å². The van der Waals surface area contributed by atoms with E-state index >= 15 is 0 Å². The lowest BCUT2D eigenvalue weighted by molar-refractivity contribution is 0.102. The van der Waals surface area contributed by atoms with E-state index in [1.807, 2.05) is 0 Å². The number of carbonyl (C=O) groups excluding carboxylic acids is 1. The number of pyridine rings is 1. The lowest BCUT2D eigenvalue weighted by Crippen LogP contribution is -2.13. The predicted molar refractivity (Wildman–Crippen MR) is 79.0 cm³/mol. The van der Waals surface area contributed by atoms with Gasteiger partial charge in [-0.1, -0.05) is 11.6 Å². The molecule has 1 heterocycles. The zero-order valence-corrected chi connectivity index (χ0v) is 12.9. The van der Waals surface area contributed by atoms with Crippen LogP contribution in [0.2, 0.25) is 5.02 Å². The van der Waals surface area contributed by atoms with E-state index in [2.05, 4.69) is 42.2 Å². The van der Waals surface area contributed by atoms with Crippen molar-refractivity contribution in [1.82, 2.24) is 4.98 Å². The molecule has 0 unspecified atom stereocenters. The first kappa shape index (κ1) is 13.5. The van der Waals surface area contributed by atoms with Crippen molar-refractivity contribution in [1.29, 1.82) is 0 Å². The topological polar surface area (TPSA) is 42.0 Å². The zero-order chi connectivity index (χ0) is 13.1. The number of rotatable bonds is 2. The van der Waals surface area contributed by atoms with Crippen LogP contribution in [0, 0.1) is 0 Å². The Morgan fingerprint density at radius 3 is 2.61 bits per heavy atom. The van der Waals surface area contributed by atoms with E-state index in [0.717, 1.165) is 8.95 Å². The van der Waals surface area contributed by atoms with Crippen LogP contribution in [0.25, 0.3) is 0 Å². The number of benzene rings is 1. The Labute approximate surface area is 126 Å². The molecule has 1 aromatic heterocycles. The molecule has 1 N–H and O–H groups in total. The second-order valence-electron chi connectivity index (χ2n) is 3.44. The Hall–Kier alpha value is -0.910. The highest BCUT2D eigenvalue weighted by atomic mass is 79.9. The summed E-state index contributed by atoms with van der Waals surface area (Å²) < 4.78 is 1.55. The van der Waals surface area contributed by atoms with Gasteiger partial charge in [0.05, 0.1) is 5.69 Å². The number of hydrogen-bond acceptors (Lipinski definition) is 2. The van der Waals surface area contributed by atoms with Crippen LogP contribution in [-0.4, -0.2) is 10.9 Å². The van der Waals surface area contributed by atoms with Crippen molar-refractivity contribution in [3.63, 3.8) is 0 Å². The molecule has 0 aliphatic carbocycles. The molecule has 2 aromatic rings. The van der Waals surface area contributed by atoms with Gasteiger partial charge in [0, 0.05) is 20.2 Å². The maximum Gasteiger partial charge on any atom is 0.274 e. The monoisotopic (exact) mass is 388 g/mol. The fourth-order valence-electron chi connectivity index (χ4n) is 1.29. The highest BCUT2D eigenvalue weighted by Crippen LogP contribution is 2.26. The summed E-state index contributed by atoms with van der Waals surface area (Å²) in [5, 5.41) is 3.35. The lowest BCUT2D eigenvalue weighted by atomic mass is 10.3. The van der Waals surface area contributed by atoms with E-state index in [0.29, 0.717) is 16.4 Å². The molecule has 0 atom stereocenters. The number of halogens is 3. The average molecular weight is 390 g/mol. The molecule has 0 saturated carbocycles. The van der Waals surface area contributed by atoms with E-state index in [9.17, 15) is 4.79 Å².